The molecule has 0 saturated heterocycles. The van der Waals surface area contributed by atoms with Crippen LogP contribution in [-0.4, -0.2) is 85.3 Å². The number of aliphatic hydroxyl groups is 1. The molecule has 2 amide bonds. The largest absolute Gasteiger partial charge is 0.507 e. The zero-order valence-corrected chi connectivity index (χ0v) is 32.9. The number of nitrogens with zero attached hydrogens (tertiary/aromatic N) is 2. The minimum absolute atomic E-state index is 0.0476. The Morgan fingerprint density at radius 3 is 2.11 bits per heavy atom. The van der Waals surface area contributed by atoms with Crippen LogP contribution in [0.3, 0.4) is 0 Å². The van der Waals surface area contributed by atoms with Crippen LogP contribution in [0.15, 0.2) is 45.2 Å². The maximum Gasteiger partial charge on any atom is 0.330 e. The van der Waals surface area contributed by atoms with Crippen LogP contribution in [0.25, 0.3) is 0 Å². The first-order chi connectivity index (χ1) is 26.6. The number of aliphatic hydroxyl groups excluding tert-OH is 1. The smallest absolute Gasteiger partial charge is 0.330 e. The number of Topliss-reactive ketones (excluding diaryl/α,β-unsaturated/α-hetero) is 2. The number of carbonyl (C=O) groups excluding carboxylic acids is 4. The standard InChI is InChI=1S/C38H43ClN4O13/c1-18-11-22(44)30(35(48)38(18)36(49)31-23(51-4)16-24(52-5)32(39)34(31)56-38)21(19-12-25(53-6)33(55-8)26(13-19)54-7)15-28(46)40-10-9-27(45)41-17-20-14-29(47)43(3)37(50)42(20)2/h12-14,16,18,21,48H,9-11,15,17H2,1-8H3,(H,40,46)(H,41,45). The summed E-state index contributed by atoms with van der Waals surface area (Å²) in [4.78, 5) is 79.2. The lowest BCUT2D eigenvalue weighted by molar-refractivity contribution is -0.122. The van der Waals surface area contributed by atoms with Gasteiger partial charge in [0, 0.05) is 75.1 Å². The van der Waals surface area contributed by atoms with Gasteiger partial charge in [-0.2, -0.15) is 0 Å². The van der Waals surface area contributed by atoms with Crippen molar-refractivity contribution in [2.24, 2.45) is 20.0 Å². The molecule has 1 spiro atoms. The second-order valence-electron chi connectivity index (χ2n) is 13.2. The number of hydrogen-bond acceptors (Lipinski definition) is 13. The molecular weight excluding hydrogens is 756 g/mol. The third-order valence-electron chi connectivity index (χ3n) is 10.1. The number of ketones is 2. The van der Waals surface area contributed by atoms with Gasteiger partial charge in [-0.3, -0.25) is 33.1 Å². The van der Waals surface area contributed by atoms with E-state index in [1.807, 2.05) is 0 Å². The lowest BCUT2D eigenvalue weighted by Crippen LogP contribution is -2.53. The van der Waals surface area contributed by atoms with Crippen molar-refractivity contribution in [1.82, 2.24) is 19.8 Å². The predicted octanol–water partition coefficient (Wildman–Crippen LogP) is 2.51. The van der Waals surface area contributed by atoms with Crippen LogP contribution in [0.2, 0.25) is 5.02 Å². The molecule has 3 N–H and O–H groups in total. The quantitative estimate of drug-likeness (QED) is 0.214. The molecule has 3 unspecified atom stereocenters. The number of methoxy groups -OCH3 is 5. The van der Waals surface area contributed by atoms with Gasteiger partial charge in [-0.1, -0.05) is 18.5 Å². The fourth-order valence-corrected chi connectivity index (χ4v) is 7.29. The summed E-state index contributed by atoms with van der Waals surface area (Å²) >= 11 is 6.61. The molecule has 56 heavy (non-hydrogen) atoms. The fraction of sp³-hybridized carbons (Fsp3) is 0.421. The van der Waals surface area contributed by atoms with E-state index >= 15 is 0 Å². The van der Waals surface area contributed by atoms with Gasteiger partial charge in [0.15, 0.2) is 28.8 Å². The molecule has 17 nitrogen and oxygen atoms in total. The number of aromatic nitrogens is 2. The Bertz CT molecular complexity index is 2240. The number of carbonyl (C=O) groups is 4. The maximum atomic E-state index is 14.4. The number of hydrogen-bond donors (Lipinski definition) is 3. The highest BCUT2D eigenvalue weighted by atomic mass is 35.5. The van der Waals surface area contributed by atoms with Crippen molar-refractivity contribution in [3.63, 3.8) is 0 Å². The maximum absolute atomic E-state index is 14.4. The van der Waals surface area contributed by atoms with E-state index < -0.39 is 64.2 Å². The summed E-state index contributed by atoms with van der Waals surface area (Å²) < 4.78 is 35.9. The van der Waals surface area contributed by atoms with Crippen molar-refractivity contribution in [3.8, 4) is 34.5 Å². The summed E-state index contributed by atoms with van der Waals surface area (Å²) in [7, 11) is 9.70. The van der Waals surface area contributed by atoms with Gasteiger partial charge in [0.25, 0.3) is 5.56 Å². The second kappa shape index (κ2) is 16.4. The monoisotopic (exact) mass is 798 g/mol. The van der Waals surface area contributed by atoms with E-state index in [9.17, 15) is 33.9 Å². The first-order valence-electron chi connectivity index (χ1n) is 17.3. The van der Waals surface area contributed by atoms with Gasteiger partial charge in [-0.25, -0.2) is 4.79 Å². The summed E-state index contributed by atoms with van der Waals surface area (Å²) in [6.07, 6.45) is -0.901. The molecule has 18 heteroatoms. The molecule has 2 heterocycles. The number of halogens is 1. The molecule has 5 rings (SSSR count). The average molecular weight is 799 g/mol. The highest BCUT2D eigenvalue weighted by molar-refractivity contribution is 6.35. The number of benzene rings is 2. The fourth-order valence-electron chi connectivity index (χ4n) is 7.03. The van der Waals surface area contributed by atoms with E-state index in [0.717, 1.165) is 4.57 Å². The molecule has 0 radical (unpaired) electrons. The van der Waals surface area contributed by atoms with Crippen molar-refractivity contribution in [2.45, 2.75) is 44.2 Å². The Hall–Kier alpha value is -5.97. The highest BCUT2D eigenvalue weighted by Crippen LogP contribution is 2.56. The molecule has 3 aromatic rings. The summed E-state index contributed by atoms with van der Waals surface area (Å²) in [5.41, 5.74) is -2.96. The van der Waals surface area contributed by atoms with E-state index in [4.69, 9.17) is 40.0 Å². The lowest BCUT2D eigenvalue weighted by atomic mass is 9.69. The van der Waals surface area contributed by atoms with Crippen LogP contribution in [0.1, 0.15) is 53.7 Å². The van der Waals surface area contributed by atoms with Gasteiger partial charge < -0.3 is 44.2 Å². The number of rotatable bonds is 14. The molecule has 2 aromatic carbocycles. The van der Waals surface area contributed by atoms with Crippen LogP contribution in [0.5, 0.6) is 34.5 Å². The zero-order valence-electron chi connectivity index (χ0n) is 32.1. The molecular formula is C38H43ClN4O13. The number of allylic oxidation sites excluding steroid dienone is 1. The summed E-state index contributed by atoms with van der Waals surface area (Å²) in [6.45, 7) is 1.33. The Morgan fingerprint density at radius 2 is 1.52 bits per heavy atom. The van der Waals surface area contributed by atoms with Gasteiger partial charge >= 0.3 is 5.69 Å². The molecule has 0 saturated carbocycles. The molecule has 1 aromatic heterocycles. The van der Waals surface area contributed by atoms with Crippen LogP contribution in [0, 0.1) is 5.92 Å². The third-order valence-corrected chi connectivity index (χ3v) is 10.5. The number of fused-ring (bicyclic) bond motifs is 1. The summed E-state index contributed by atoms with van der Waals surface area (Å²) in [5.74, 6) is -4.49. The highest BCUT2D eigenvalue weighted by Gasteiger charge is 2.61. The second-order valence-corrected chi connectivity index (χ2v) is 13.6. The minimum atomic E-state index is -2.13. The molecule has 300 valence electrons. The van der Waals surface area contributed by atoms with Gasteiger partial charge in [0.05, 0.1) is 42.1 Å². The topological polar surface area (TPSA) is 212 Å². The first-order valence-corrected chi connectivity index (χ1v) is 17.7. The van der Waals surface area contributed by atoms with Gasteiger partial charge in [-0.05, 0) is 17.7 Å². The molecule has 3 atom stereocenters. The van der Waals surface area contributed by atoms with Gasteiger partial charge in [0.2, 0.25) is 28.9 Å². The molecule has 2 aliphatic rings. The normalized spacial score (nSPS) is 17.9. The molecule has 1 aliphatic carbocycles. The average Bonchev–Trinajstić information content (AvgIpc) is 3.50. The number of ether oxygens (including phenoxy) is 6. The number of nitrogens with one attached hydrogen (secondary N) is 2. The van der Waals surface area contributed by atoms with E-state index in [0.29, 0.717) is 0 Å². The Labute approximate surface area is 326 Å². The van der Waals surface area contributed by atoms with Crippen LogP contribution >= 0.6 is 11.6 Å². The first kappa shape index (κ1) is 41.2. The SMILES string of the molecule is COc1cc(OC)c2c(c1Cl)OC1(C2=O)C(O)=C(C(CC(=O)NCCC(=O)NCc2cc(=O)n(C)c(=O)n2C)c2cc(OC)c(OC)c(OC)c2)C(=O)CC1C. The Morgan fingerprint density at radius 1 is 0.893 bits per heavy atom. The van der Waals surface area contributed by atoms with Crippen LogP contribution < -0.4 is 50.3 Å². The third kappa shape index (κ3) is 7.13. The van der Waals surface area contributed by atoms with E-state index in [1.165, 1.54) is 78.5 Å². The summed E-state index contributed by atoms with van der Waals surface area (Å²) in [6, 6.07) is 5.69. The summed E-state index contributed by atoms with van der Waals surface area (Å²) in [5, 5.41) is 17.5. The molecule has 0 bridgehead atoms. The number of amides is 2. The predicted molar refractivity (Wildman–Crippen MR) is 201 cm³/mol. The Balaban J connectivity index is 1.49. The van der Waals surface area contributed by atoms with Crippen molar-refractivity contribution >= 4 is 35.0 Å². The zero-order chi connectivity index (χ0) is 41.2. The molecule has 1 aliphatic heterocycles. The lowest BCUT2D eigenvalue weighted by Gasteiger charge is -2.38. The van der Waals surface area contributed by atoms with Crippen molar-refractivity contribution < 1.29 is 52.7 Å². The van der Waals surface area contributed by atoms with Crippen molar-refractivity contribution in [3.05, 3.63) is 78.3 Å². The van der Waals surface area contributed by atoms with Gasteiger partial charge in [0.1, 0.15) is 22.1 Å². The van der Waals surface area contributed by atoms with Crippen molar-refractivity contribution in [1.29, 1.82) is 0 Å². The Kier molecular flexibility index (Phi) is 12.1. The van der Waals surface area contributed by atoms with Crippen molar-refractivity contribution in [2.75, 3.05) is 42.1 Å². The van der Waals surface area contributed by atoms with Crippen LogP contribution in [-0.2, 0) is 35.0 Å². The van der Waals surface area contributed by atoms with E-state index in [2.05, 4.69) is 10.6 Å². The molecule has 0 fully saturated rings. The minimum Gasteiger partial charge on any atom is -0.507 e. The van der Waals surface area contributed by atoms with E-state index in [-0.39, 0.29) is 87.8 Å². The van der Waals surface area contributed by atoms with Crippen LogP contribution in [0.4, 0.5) is 0 Å². The van der Waals surface area contributed by atoms with E-state index in [1.54, 1.807) is 6.92 Å². The van der Waals surface area contributed by atoms with Gasteiger partial charge in [-0.15, -0.1) is 0 Å².